The molecule has 30 heavy (non-hydrogen) atoms. The summed E-state index contributed by atoms with van der Waals surface area (Å²) in [7, 11) is 0. The van der Waals surface area contributed by atoms with Crippen LogP contribution in [0, 0.1) is 0 Å². The van der Waals surface area contributed by atoms with Gasteiger partial charge in [-0.1, -0.05) is 22.0 Å². The molecule has 0 bridgehead atoms. The summed E-state index contributed by atoms with van der Waals surface area (Å²) in [6, 6.07) is 10.2. The zero-order chi connectivity index (χ0) is 21.3. The number of hydrogen-bond donors (Lipinski definition) is 1. The van der Waals surface area contributed by atoms with Crippen LogP contribution in [-0.2, 0) is 11.3 Å². The Bertz CT molecular complexity index is 1220. The fraction of sp³-hybridized carbons (Fsp3) is 0.250. The number of imide groups is 1. The lowest BCUT2D eigenvalue weighted by Crippen LogP contribution is -2.35. The number of nitrogens with one attached hydrogen (secondary N) is 1. The van der Waals surface area contributed by atoms with Crippen LogP contribution in [-0.4, -0.2) is 49.9 Å². The van der Waals surface area contributed by atoms with Crippen LogP contribution in [0.1, 0.15) is 33.6 Å². The van der Waals surface area contributed by atoms with E-state index < -0.39 is 5.91 Å². The minimum atomic E-state index is -0.393. The SMILES string of the molecule is O=C(CCN1C(=O)c2ccc(Br)cc2C1=O)NCCCn1nc2ccccn2c1=O. The van der Waals surface area contributed by atoms with Crippen molar-refractivity contribution in [3.05, 3.63) is 68.7 Å². The van der Waals surface area contributed by atoms with Gasteiger partial charge in [0.2, 0.25) is 5.91 Å². The van der Waals surface area contributed by atoms with Crippen LogP contribution in [0.4, 0.5) is 0 Å². The van der Waals surface area contributed by atoms with Crippen LogP contribution in [0.3, 0.4) is 0 Å². The molecule has 0 aliphatic carbocycles. The zero-order valence-corrected chi connectivity index (χ0v) is 17.5. The van der Waals surface area contributed by atoms with Crippen LogP contribution in [0.5, 0.6) is 0 Å². The van der Waals surface area contributed by atoms with Crippen molar-refractivity contribution < 1.29 is 14.4 Å². The second kappa shape index (κ2) is 8.23. The molecule has 0 radical (unpaired) electrons. The van der Waals surface area contributed by atoms with Crippen LogP contribution in [0.2, 0.25) is 0 Å². The van der Waals surface area contributed by atoms with E-state index in [1.165, 1.54) is 9.08 Å². The van der Waals surface area contributed by atoms with E-state index >= 15 is 0 Å². The standard InChI is InChI=1S/C20H18BrN5O4/c21-13-5-6-14-15(12-13)19(29)25(18(14)28)11-7-17(27)22-8-3-10-26-20(30)24-9-2-1-4-16(24)23-26/h1-2,4-6,9,12H,3,7-8,10-11H2,(H,22,27). The van der Waals surface area contributed by atoms with E-state index in [1.54, 1.807) is 42.6 Å². The number of fused-ring (bicyclic) bond motifs is 2. The lowest BCUT2D eigenvalue weighted by molar-refractivity contribution is -0.121. The van der Waals surface area contributed by atoms with Gasteiger partial charge in [0, 0.05) is 36.7 Å². The average molecular weight is 472 g/mol. The maximum Gasteiger partial charge on any atom is 0.350 e. The van der Waals surface area contributed by atoms with Crippen molar-refractivity contribution in [2.45, 2.75) is 19.4 Å². The number of rotatable bonds is 7. The number of benzene rings is 1. The Morgan fingerprint density at radius 2 is 1.83 bits per heavy atom. The summed E-state index contributed by atoms with van der Waals surface area (Å²) in [5.74, 6) is -1.05. The highest BCUT2D eigenvalue weighted by atomic mass is 79.9. The van der Waals surface area contributed by atoms with E-state index in [9.17, 15) is 19.2 Å². The van der Waals surface area contributed by atoms with Gasteiger partial charge in [0.25, 0.3) is 11.8 Å². The van der Waals surface area contributed by atoms with Crippen molar-refractivity contribution in [2.75, 3.05) is 13.1 Å². The monoisotopic (exact) mass is 471 g/mol. The van der Waals surface area contributed by atoms with Gasteiger partial charge in [0.15, 0.2) is 5.65 Å². The van der Waals surface area contributed by atoms with Crippen molar-refractivity contribution >= 4 is 39.3 Å². The third kappa shape index (κ3) is 3.78. The first kappa shape index (κ1) is 20.0. The molecule has 9 nitrogen and oxygen atoms in total. The first-order valence-electron chi connectivity index (χ1n) is 9.42. The lowest BCUT2D eigenvalue weighted by Gasteiger charge is -2.13. The van der Waals surface area contributed by atoms with Gasteiger partial charge in [-0.25, -0.2) is 9.48 Å². The van der Waals surface area contributed by atoms with Crippen molar-refractivity contribution in [3.8, 4) is 0 Å². The third-order valence-corrected chi connectivity index (χ3v) is 5.35. The molecule has 1 aromatic carbocycles. The lowest BCUT2D eigenvalue weighted by atomic mass is 10.1. The topological polar surface area (TPSA) is 106 Å². The van der Waals surface area contributed by atoms with Crippen LogP contribution in [0.25, 0.3) is 5.65 Å². The van der Waals surface area contributed by atoms with Crippen molar-refractivity contribution in [2.24, 2.45) is 0 Å². The molecule has 1 aliphatic heterocycles. The second-order valence-electron chi connectivity index (χ2n) is 6.84. The highest BCUT2D eigenvalue weighted by Gasteiger charge is 2.35. The van der Waals surface area contributed by atoms with Gasteiger partial charge < -0.3 is 5.32 Å². The van der Waals surface area contributed by atoms with E-state index in [4.69, 9.17) is 0 Å². The first-order valence-corrected chi connectivity index (χ1v) is 10.2. The Morgan fingerprint density at radius 1 is 1.03 bits per heavy atom. The highest BCUT2D eigenvalue weighted by Crippen LogP contribution is 2.26. The Hall–Kier alpha value is -3.27. The maximum absolute atomic E-state index is 12.4. The highest BCUT2D eigenvalue weighted by molar-refractivity contribution is 9.10. The number of amides is 3. The molecular formula is C20H18BrN5O4. The molecule has 0 saturated carbocycles. The Morgan fingerprint density at radius 3 is 2.63 bits per heavy atom. The summed E-state index contributed by atoms with van der Waals surface area (Å²) in [4.78, 5) is 50.2. The van der Waals surface area contributed by atoms with E-state index in [2.05, 4.69) is 26.3 Å². The predicted molar refractivity (Wildman–Crippen MR) is 111 cm³/mol. The molecule has 3 heterocycles. The van der Waals surface area contributed by atoms with Crippen LogP contribution >= 0.6 is 15.9 Å². The summed E-state index contributed by atoms with van der Waals surface area (Å²) >= 11 is 3.29. The number of aromatic nitrogens is 3. The quantitative estimate of drug-likeness (QED) is 0.414. The number of pyridine rings is 1. The molecule has 0 unspecified atom stereocenters. The van der Waals surface area contributed by atoms with Gasteiger partial charge in [0.1, 0.15) is 0 Å². The molecule has 4 rings (SSSR count). The maximum atomic E-state index is 12.4. The van der Waals surface area contributed by atoms with Crippen LogP contribution in [0.15, 0.2) is 51.9 Å². The molecule has 3 amide bonds. The van der Waals surface area contributed by atoms with Crippen LogP contribution < -0.4 is 11.0 Å². The molecule has 10 heteroatoms. The minimum absolute atomic E-state index is 0.0148. The Kier molecular flexibility index (Phi) is 5.49. The molecule has 3 aromatic rings. The van der Waals surface area contributed by atoms with E-state index in [0.717, 1.165) is 4.90 Å². The molecule has 0 spiro atoms. The Balaban J connectivity index is 1.25. The van der Waals surface area contributed by atoms with Gasteiger partial charge in [-0.15, -0.1) is 5.10 Å². The number of halogens is 1. The van der Waals surface area contributed by atoms with E-state index in [1.807, 2.05) is 0 Å². The predicted octanol–water partition coefficient (Wildman–Crippen LogP) is 1.45. The van der Waals surface area contributed by atoms with E-state index in [0.29, 0.717) is 40.8 Å². The summed E-state index contributed by atoms with van der Waals surface area (Å²) in [6.07, 6.45) is 2.19. The fourth-order valence-electron chi connectivity index (χ4n) is 3.34. The Labute approximate surface area is 179 Å². The number of nitrogens with zero attached hydrogens (tertiary/aromatic N) is 4. The molecular weight excluding hydrogens is 454 g/mol. The summed E-state index contributed by atoms with van der Waals surface area (Å²) in [5, 5.41) is 6.97. The summed E-state index contributed by atoms with van der Waals surface area (Å²) < 4.78 is 3.53. The third-order valence-electron chi connectivity index (χ3n) is 4.85. The summed E-state index contributed by atoms with van der Waals surface area (Å²) in [6.45, 7) is 0.740. The largest absolute Gasteiger partial charge is 0.356 e. The number of aryl methyl sites for hydroxylation is 1. The zero-order valence-electron chi connectivity index (χ0n) is 15.9. The van der Waals surface area contributed by atoms with Crippen molar-refractivity contribution in [3.63, 3.8) is 0 Å². The van der Waals surface area contributed by atoms with Gasteiger partial charge in [-0.05, 0) is 36.8 Å². The smallest absolute Gasteiger partial charge is 0.350 e. The number of carbonyl (C=O) groups excluding carboxylic acids is 3. The van der Waals surface area contributed by atoms with Crippen molar-refractivity contribution in [1.29, 1.82) is 0 Å². The normalized spacial score (nSPS) is 13.2. The molecule has 2 aromatic heterocycles. The molecule has 1 N–H and O–H groups in total. The fourth-order valence-corrected chi connectivity index (χ4v) is 3.70. The second-order valence-corrected chi connectivity index (χ2v) is 7.76. The van der Waals surface area contributed by atoms with E-state index in [-0.39, 0.29) is 30.5 Å². The van der Waals surface area contributed by atoms with Gasteiger partial charge in [-0.3, -0.25) is 23.7 Å². The molecule has 0 atom stereocenters. The van der Waals surface area contributed by atoms with Gasteiger partial charge in [-0.2, -0.15) is 0 Å². The average Bonchev–Trinajstić information content (AvgIpc) is 3.18. The van der Waals surface area contributed by atoms with Gasteiger partial charge >= 0.3 is 5.69 Å². The summed E-state index contributed by atoms with van der Waals surface area (Å²) in [5.41, 5.74) is 1.03. The first-order chi connectivity index (χ1) is 14.5. The molecule has 154 valence electrons. The molecule has 0 saturated heterocycles. The van der Waals surface area contributed by atoms with Gasteiger partial charge in [0.05, 0.1) is 11.1 Å². The number of carbonyl (C=O) groups is 3. The number of hydrogen-bond acceptors (Lipinski definition) is 5. The van der Waals surface area contributed by atoms with Crippen molar-refractivity contribution in [1.82, 2.24) is 24.4 Å². The molecule has 0 fully saturated rings. The minimum Gasteiger partial charge on any atom is -0.356 e. The molecule has 1 aliphatic rings.